The molecule has 1 aliphatic rings. The summed E-state index contributed by atoms with van der Waals surface area (Å²) in [5.41, 5.74) is 12.0. The number of piperidine rings is 1. The largest absolute Gasteiger partial charge is 0.371 e. The third-order valence-electron chi connectivity index (χ3n) is 6.48. The molecule has 0 atom stereocenters. The van der Waals surface area contributed by atoms with Gasteiger partial charge in [-0.05, 0) is 78.6 Å². The Balaban J connectivity index is 1.45. The van der Waals surface area contributed by atoms with Gasteiger partial charge in [0.15, 0.2) is 0 Å². The molecule has 172 valence electrons. The standard InChI is InChI=1S/C29H35N3O/c1-21(2)7-8-22-9-11-23(12-10-22)27-5-3-4-6-28(27)29(33)31-25-13-15-26(16-14-25)32-19-17-24(30)18-20-32/h3-6,9-16,21,24H,7-8,17-20,30H2,1-2H3,(H,31,33). The van der Waals surface area contributed by atoms with E-state index in [0.29, 0.717) is 17.5 Å². The average molecular weight is 442 g/mol. The number of amides is 1. The lowest BCUT2D eigenvalue weighted by Crippen LogP contribution is -2.39. The van der Waals surface area contributed by atoms with Crippen LogP contribution in [0.25, 0.3) is 11.1 Å². The quantitative estimate of drug-likeness (QED) is 0.464. The van der Waals surface area contributed by atoms with Crippen molar-refractivity contribution >= 4 is 17.3 Å². The molecule has 0 aromatic heterocycles. The molecule has 0 aliphatic carbocycles. The van der Waals surface area contributed by atoms with Gasteiger partial charge in [-0.1, -0.05) is 56.3 Å². The van der Waals surface area contributed by atoms with Crippen LogP contribution in [-0.4, -0.2) is 25.0 Å². The summed E-state index contributed by atoms with van der Waals surface area (Å²) in [7, 11) is 0. The van der Waals surface area contributed by atoms with Crippen molar-refractivity contribution in [1.29, 1.82) is 0 Å². The van der Waals surface area contributed by atoms with E-state index in [-0.39, 0.29) is 5.91 Å². The number of hydrogen-bond donors (Lipinski definition) is 2. The van der Waals surface area contributed by atoms with Crippen molar-refractivity contribution in [3.63, 3.8) is 0 Å². The molecule has 0 bridgehead atoms. The number of carbonyl (C=O) groups excluding carboxylic acids is 1. The lowest BCUT2D eigenvalue weighted by molar-refractivity contribution is 0.102. The van der Waals surface area contributed by atoms with Gasteiger partial charge in [-0.15, -0.1) is 0 Å². The lowest BCUT2D eigenvalue weighted by atomic mass is 9.96. The maximum absolute atomic E-state index is 13.1. The zero-order valence-electron chi connectivity index (χ0n) is 19.8. The van der Waals surface area contributed by atoms with Crippen LogP contribution in [0.15, 0.2) is 72.8 Å². The van der Waals surface area contributed by atoms with E-state index >= 15 is 0 Å². The predicted molar refractivity (Wildman–Crippen MR) is 139 cm³/mol. The third-order valence-corrected chi connectivity index (χ3v) is 6.48. The van der Waals surface area contributed by atoms with E-state index in [0.717, 1.165) is 49.2 Å². The fourth-order valence-corrected chi connectivity index (χ4v) is 4.35. The molecule has 4 rings (SSSR count). The normalized spacial score (nSPS) is 14.5. The van der Waals surface area contributed by atoms with Gasteiger partial charge in [0, 0.05) is 36.1 Å². The minimum absolute atomic E-state index is 0.0915. The number of aryl methyl sites for hydroxylation is 1. The summed E-state index contributed by atoms with van der Waals surface area (Å²) >= 11 is 0. The second kappa shape index (κ2) is 10.7. The molecule has 1 heterocycles. The van der Waals surface area contributed by atoms with Gasteiger partial charge in [-0.25, -0.2) is 0 Å². The molecule has 3 aromatic rings. The van der Waals surface area contributed by atoms with Gasteiger partial charge in [-0.2, -0.15) is 0 Å². The van der Waals surface area contributed by atoms with E-state index < -0.39 is 0 Å². The number of anilines is 2. The van der Waals surface area contributed by atoms with Crippen LogP contribution >= 0.6 is 0 Å². The second-order valence-electron chi connectivity index (χ2n) is 9.50. The minimum atomic E-state index is -0.0915. The minimum Gasteiger partial charge on any atom is -0.371 e. The highest BCUT2D eigenvalue weighted by molar-refractivity contribution is 6.08. The summed E-state index contributed by atoms with van der Waals surface area (Å²) in [6, 6.07) is 24.8. The highest BCUT2D eigenvalue weighted by Crippen LogP contribution is 2.26. The van der Waals surface area contributed by atoms with Crippen LogP contribution in [0.4, 0.5) is 11.4 Å². The topological polar surface area (TPSA) is 58.4 Å². The molecule has 0 unspecified atom stereocenters. The number of carbonyl (C=O) groups is 1. The van der Waals surface area contributed by atoms with Crippen LogP contribution in [0.5, 0.6) is 0 Å². The SMILES string of the molecule is CC(C)CCc1ccc(-c2ccccc2C(=O)Nc2ccc(N3CCC(N)CC3)cc2)cc1. The number of nitrogens with two attached hydrogens (primary N) is 1. The molecule has 4 nitrogen and oxygen atoms in total. The van der Waals surface area contributed by atoms with Crippen molar-refractivity contribution in [2.45, 2.75) is 45.6 Å². The summed E-state index contributed by atoms with van der Waals surface area (Å²) in [5.74, 6) is 0.604. The molecular formula is C29H35N3O. The van der Waals surface area contributed by atoms with E-state index in [1.165, 1.54) is 17.7 Å². The first-order valence-corrected chi connectivity index (χ1v) is 12.1. The molecule has 1 fully saturated rings. The second-order valence-corrected chi connectivity index (χ2v) is 9.50. The van der Waals surface area contributed by atoms with Gasteiger partial charge in [0.25, 0.3) is 5.91 Å². The summed E-state index contributed by atoms with van der Waals surface area (Å²) < 4.78 is 0. The Hall–Kier alpha value is -3.11. The molecule has 1 saturated heterocycles. The summed E-state index contributed by atoms with van der Waals surface area (Å²) in [6.45, 7) is 6.47. The van der Waals surface area contributed by atoms with Crippen LogP contribution < -0.4 is 16.0 Å². The number of hydrogen-bond acceptors (Lipinski definition) is 3. The molecule has 3 aromatic carbocycles. The molecule has 1 amide bonds. The first kappa shape index (κ1) is 23.1. The summed E-state index contributed by atoms with van der Waals surface area (Å²) in [6.07, 6.45) is 4.31. The van der Waals surface area contributed by atoms with Gasteiger partial charge in [0.05, 0.1) is 0 Å². The fourth-order valence-electron chi connectivity index (χ4n) is 4.35. The zero-order valence-corrected chi connectivity index (χ0v) is 19.8. The Morgan fingerprint density at radius 3 is 2.30 bits per heavy atom. The van der Waals surface area contributed by atoms with E-state index in [1.54, 1.807) is 0 Å². The number of rotatable bonds is 7. The molecule has 0 spiro atoms. The molecule has 0 radical (unpaired) electrons. The van der Waals surface area contributed by atoms with Crippen molar-refractivity contribution in [3.8, 4) is 11.1 Å². The molecule has 4 heteroatoms. The van der Waals surface area contributed by atoms with Crippen LogP contribution in [0.1, 0.15) is 49.0 Å². The molecule has 3 N–H and O–H groups in total. The first-order chi connectivity index (χ1) is 16.0. The number of nitrogens with zero attached hydrogens (tertiary/aromatic N) is 1. The van der Waals surface area contributed by atoms with Crippen LogP contribution in [0.2, 0.25) is 0 Å². The van der Waals surface area contributed by atoms with E-state index in [4.69, 9.17) is 5.73 Å². The van der Waals surface area contributed by atoms with Crippen LogP contribution in [0.3, 0.4) is 0 Å². The zero-order chi connectivity index (χ0) is 23.2. The van der Waals surface area contributed by atoms with Gasteiger partial charge in [0.1, 0.15) is 0 Å². The Morgan fingerprint density at radius 2 is 1.64 bits per heavy atom. The maximum atomic E-state index is 13.1. The molecule has 1 aliphatic heterocycles. The molecule has 33 heavy (non-hydrogen) atoms. The van der Waals surface area contributed by atoms with Gasteiger partial charge in [-0.3, -0.25) is 4.79 Å². The molecular weight excluding hydrogens is 406 g/mol. The highest BCUT2D eigenvalue weighted by atomic mass is 16.1. The van der Waals surface area contributed by atoms with Crippen molar-refractivity contribution in [3.05, 3.63) is 83.9 Å². The van der Waals surface area contributed by atoms with Crippen LogP contribution in [0, 0.1) is 5.92 Å². The number of benzene rings is 3. The van der Waals surface area contributed by atoms with Crippen molar-refractivity contribution in [1.82, 2.24) is 0 Å². The van der Waals surface area contributed by atoms with Crippen molar-refractivity contribution < 1.29 is 4.79 Å². The monoisotopic (exact) mass is 441 g/mol. The van der Waals surface area contributed by atoms with E-state index in [1.807, 2.05) is 36.4 Å². The lowest BCUT2D eigenvalue weighted by Gasteiger charge is -2.32. The van der Waals surface area contributed by atoms with Gasteiger partial charge < -0.3 is 16.0 Å². The smallest absolute Gasteiger partial charge is 0.256 e. The Kier molecular flexibility index (Phi) is 7.46. The van der Waals surface area contributed by atoms with Gasteiger partial charge >= 0.3 is 0 Å². The summed E-state index contributed by atoms with van der Waals surface area (Å²) in [5, 5.41) is 3.07. The van der Waals surface area contributed by atoms with Crippen LogP contribution in [-0.2, 0) is 6.42 Å². The van der Waals surface area contributed by atoms with Crippen molar-refractivity contribution in [2.75, 3.05) is 23.3 Å². The average Bonchev–Trinajstić information content (AvgIpc) is 2.84. The Bertz CT molecular complexity index is 1050. The molecule has 0 saturated carbocycles. The van der Waals surface area contributed by atoms with E-state index in [2.05, 4.69) is 60.5 Å². The third kappa shape index (κ3) is 6.02. The van der Waals surface area contributed by atoms with Crippen molar-refractivity contribution in [2.24, 2.45) is 11.7 Å². The first-order valence-electron chi connectivity index (χ1n) is 12.1. The number of nitrogens with one attached hydrogen (secondary N) is 1. The Morgan fingerprint density at radius 1 is 0.970 bits per heavy atom. The fraction of sp³-hybridized carbons (Fsp3) is 0.345. The maximum Gasteiger partial charge on any atom is 0.256 e. The highest BCUT2D eigenvalue weighted by Gasteiger charge is 2.17. The Labute approximate surface area is 197 Å². The predicted octanol–water partition coefficient (Wildman–Crippen LogP) is 6.12. The van der Waals surface area contributed by atoms with Gasteiger partial charge in [0.2, 0.25) is 0 Å². The van der Waals surface area contributed by atoms with E-state index in [9.17, 15) is 4.79 Å². The summed E-state index contributed by atoms with van der Waals surface area (Å²) in [4.78, 5) is 15.5.